The van der Waals surface area contributed by atoms with Crippen LogP contribution in [-0.4, -0.2) is 107 Å². The van der Waals surface area contributed by atoms with Crippen LogP contribution < -0.4 is 5.32 Å². The van der Waals surface area contributed by atoms with Crippen LogP contribution in [0.15, 0.2) is 24.3 Å². The zero-order valence-corrected chi connectivity index (χ0v) is 34.7. The molecule has 1 aliphatic rings. The molecule has 0 aromatic carbocycles. The molecule has 8 atom stereocenters. The summed E-state index contributed by atoms with van der Waals surface area (Å²) in [6.07, 6.45) is 22.8. The molecule has 0 bridgehead atoms. The maximum absolute atomic E-state index is 13.0. The number of carbonyl (C=O) groups is 1. The largest absolute Gasteiger partial charge is 0.397 e. The van der Waals surface area contributed by atoms with Gasteiger partial charge in [-0.3, -0.25) is 9.35 Å². The molecule has 7 N–H and O–H groups in total. The van der Waals surface area contributed by atoms with Gasteiger partial charge in [0.25, 0.3) is 0 Å². The van der Waals surface area contributed by atoms with Gasteiger partial charge in [-0.05, 0) is 32.1 Å². The average Bonchev–Trinajstić information content (AvgIpc) is 3.15. The summed E-state index contributed by atoms with van der Waals surface area (Å²) in [6, 6.07) is -1.13. The zero-order chi connectivity index (χ0) is 40.7. The van der Waals surface area contributed by atoms with Crippen molar-refractivity contribution in [2.24, 2.45) is 0 Å². The van der Waals surface area contributed by atoms with Crippen molar-refractivity contribution >= 4 is 16.3 Å². The molecular weight excluding hydrogens is 731 g/mol. The van der Waals surface area contributed by atoms with Crippen molar-refractivity contribution in [2.45, 2.75) is 217 Å². The lowest BCUT2D eigenvalue weighted by atomic mass is 9.99. The molecule has 1 heterocycles. The zero-order valence-electron chi connectivity index (χ0n) is 33.9. The van der Waals surface area contributed by atoms with E-state index < -0.39 is 78.5 Å². The lowest BCUT2D eigenvalue weighted by Gasteiger charge is -2.41. The van der Waals surface area contributed by atoms with Crippen molar-refractivity contribution in [2.75, 3.05) is 13.2 Å². The number of rotatable bonds is 35. The van der Waals surface area contributed by atoms with Gasteiger partial charge in [0.1, 0.15) is 30.5 Å². The number of aliphatic hydroxyl groups excluding tert-OH is 5. The summed E-state index contributed by atoms with van der Waals surface area (Å²) in [7, 11) is -5.11. The van der Waals surface area contributed by atoms with Crippen molar-refractivity contribution < 1.29 is 57.0 Å². The molecule has 1 amide bonds. The number of hydrogen-bond donors (Lipinski definition) is 7. The molecule has 1 aliphatic heterocycles. The molecule has 1 saturated heterocycles. The van der Waals surface area contributed by atoms with Gasteiger partial charge in [0, 0.05) is 0 Å². The SMILES string of the molecule is CCCCCC/C=C/CC/C=C/C(O)C(COC1OC(CO)C(O)C(OS(=O)(=O)O)C1O)NC(=O)C(O)CCCCCCCCCCCCCCCCCC. The van der Waals surface area contributed by atoms with Gasteiger partial charge in [-0.1, -0.05) is 160 Å². The number of carbonyl (C=O) groups excluding carboxylic acids is 1. The van der Waals surface area contributed by atoms with Crippen molar-refractivity contribution in [1.82, 2.24) is 5.32 Å². The second kappa shape index (κ2) is 32.5. The van der Waals surface area contributed by atoms with Gasteiger partial charge in [0.2, 0.25) is 5.91 Å². The van der Waals surface area contributed by atoms with Gasteiger partial charge in [0.15, 0.2) is 6.29 Å². The van der Waals surface area contributed by atoms with E-state index in [2.05, 4.69) is 35.5 Å². The Balaban J connectivity index is 2.61. The highest BCUT2D eigenvalue weighted by molar-refractivity contribution is 7.80. The molecule has 55 heavy (non-hydrogen) atoms. The number of hydrogen-bond acceptors (Lipinski definition) is 11. The van der Waals surface area contributed by atoms with Crippen molar-refractivity contribution in [1.29, 1.82) is 0 Å². The maximum atomic E-state index is 13.0. The molecule has 0 saturated carbocycles. The highest BCUT2D eigenvalue weighted by Gasteiger charge is 2.48. The topological polar surface area (TPSA) is 212 Å². The first-order valence-electron chi connectivity index (χ1n) is 21.3. The van der Waals surface area contributed by atoms with Gasteiger partial charge >= 0.3 is 10.4 Å². The molecular formula is C41H77NO12S. The molecule has 14 heteroatoms. The third-order valence-corrected chi connectivity index (χ3v) is 10.6. The number of amides is 1. The number of aliphatic hydroxyl groups is 5. The molecule has 0 aromatic heterocycles. The Labute approximate surface area is 332 Å². The van der Waals surface area contributed by atoms with Crippen LogP contribution in [0.3, 0.4) is 0 Å². The molecule has 324 valence electrons. The van der Waals surface area contributed by atoms with Gasteiger partial charge < -0.3 is 40.3 Å². The van der Waals surface area contributed by atoms with Crippen LogP contribution in [0.1, 0.15) is 168 Å². The van der Waals surface area contributed by atoms with E-state index in [1.165, 1.54) is 102 Å². The molecule has 1 fully saturated rings. The summed E-state index contributed by atoms with van der Waals surface area (Å²) < 4.78 is 47.3. The summed E-state index contributed by atoms with van der Waals surface area (Å²) in [5, 5.41) is 54.9. The van der Waals surface area contributed by atoms with Crippen LogP contribution in [0.5, 0.6) is 0 Å². The molecule has 0 aromatic rings. The number of unbranched alkanes of at least 4 members (excludes halogenated alkanes) is 20. The fraction of sp³-hybridized carbons (Fsp3) is 0.878. The molecule has 0 spiro atoms. The summed E-state index contributed by atoms with van der Waals surface area (Å²) in [5.41, 5.74) is 0. The van der Waals surface area contributed by atoms with E-state index >= 15 is 0 Å². The van der Waals surface area contributed by atoms with Gasteiger partial charge in [-0.15, -0.1) is 0 Å². The normalized spacial score (nSPS) is 22.4. The predicted molar refractivity (Wildman–Crippen MR) is 215 cm³/mol. The number of allylic oxidation sites excluding steroid dienone is 3. The highest BCUT2D eigenvalue weighted by Crippen LogP contribution is 2.26. The molecule has 0 aliphatic carbocycles. The minimum absolute atomic E-state index is 0.240. The Morgan fingerprint density at radius 3 is 1.75 bits per heavy atom. The fourth-order valence-electron chi connectivity index (χ4n) is 6.65. The highest BCUT2D eigenvalue weighted by atomic mass is 32.3. The van der Waals surface area contributed by atoms with E-state index in [0.29, 0.717) is 12.8 Å². The molecule has 0 radical (unpaired) electrons. The first-order chi connectivity index (χ1) is 26.4. The average molecular weight is 808 g/mol. The summed E-state index contributed by atoms with van der Waals surface area (Å²) in [4.78, 5) is 13.0. The first-order valence-corrected chi connectivity index (χ1v) is 22.7. The number of ether oxygens (including phenoxy) is 2. The van der Waals surface area contributed by atoms with Crippen molar-refractivity contribution in [3.8, 4) is 0 Å². The Morgan fingerprint density at radius 1 is 0.727 bits per heavy atom. The number of nitrogens with one attached hydrogen (secondary N) is 1. The van der Waals surface area contributed by atoms with E-state index in [-0.39, 0.29) is 6.42 Å². The second-order valence-corrected chi connectivity index (χ2v) is 16.1. The van der Waals surface area contributed by atoms with Crippen LogP contribution in [-0.2, 0) is 28.9 Å². The minimum Gasteiger partial charge on any atom is -0.394 e. The third-order valence-electron chi connectivity index (χ3n) is 10.1. The van der Waals surface area contributed by atoms with E-state index in [0.717, 1.165) is 38.5 Å². The van der Waals surface area contributed by atoms with Crippen molar-refractivity contribution in [3.05, 3.63) is 24.3 Å². The summed E-state index contributed by atoms with van der Waals surface area (Å²) in [5.74, 6) is -0.714. The monoisotopic (exact) mass is 808 g/mol. The smallest absolute Gasteiger partial charge is 0.394 e. The Kier molecular flexibility index (Phi) is 30.5. The van der Waals surface area contributed by atoms with Gasteiger partial charge in [0.05, 0.1) is 25.4 Å². The second-order valence-electron chi connectivity index (χ2n) is 15.1. The Morgan fingerprint density at radius 2 is 1.22 bits per heavy atom. The van der Waals surface area contributed by atoms with Gasteiger partial charge in [-0.2, -0.15) is 8.42 Å². The van der Waals surface area contributed by atoms with Crippen LogP contribution in [0.4, 0.5) is 0 Å². The van der Waals surface area contributed by atoms with E-state index in [1.807, 2.05) is 0 Å². The molecule has 1 rings (SSSR count). The summed E-state index contributed by atoms with van der Waals surface area (Å²) in [6.45, 7) is 3.14. The van der Waals surface area contributed by atoms with Crippen LogP contribution in [0.25, 0.3) is 0 Å². The van der Waals surface area contributed by atoms with E-state index in [9.17, 15) is 38.7 Å². The Hall–Kier alpha value is -1.46. The fourth-order valence-corrected chi connectivity index (χ4v) is 7.16. The predicted octanol–water partition coefficient (Wildman–Crippen LogP) is 6.35. The van der Waals surface area contributed by atoms with Crippen LogP contribution >= 0.6 is 0 Å². The standard InChI is InChI=1S/C41H77NO12S/c1-3-5-7-9-11-13-15-16-17-18-19-20-22-24-26-28-30-35(45)40(48)42-33(34(44)29-27-25-23-21-14-12-10-8-6-4-2)32-52-41-38(47)39(54-55(49,50)51)37(46)36(31-43)53-41/h14,21,27,29,33-39,41,43-47H,3-13,15-20,22-26,28,30-32H2,1-2H3,(H,42,48)(H,49,50,51)/b21-14+,29-27+. The minimum atomic E-state index is -5.11. The Bertz CT molecular complexity index is 1110. The quantitative estimate of drug-likeness (QED) is 0.0212. The van der Waals surface area contributed by atoms with E-state index in [4.69, 9.17) is 14.0 Å². The van der Waals surface area contributed by atoms with Crippen LogP contribution in [0, 0.1) is 0 Å². The first kappa shape index (κ1) is 51.6. The lowest BCUT2D eigenvalue weighted by molar-refractivity contribution is -0.298. The molecule has 8 unspecified atom stereocenters. The van der Waals surface area contributed by atoms with Crippen molar-refractivity contribution in [3.63, 3.8) is 0 Å². The van der Waals surface area contributed by atoms with E-state index in [1.54, 1.807) is 6.08 Å². The van der Waals surface area contributed by atoms with Gasteiger partial charge in [-0.25, -0.2) is 4.18 Å². The third kappa shape index (κ3) is 25.5. The summed E-state index contributed by atoms with van der Waals surface area (Å²) >= 11 is 0. The lowest BCUT2D eigenvalue weighted by Crippen LogP contribution is -2.61. The maximum Gasteiger partial charge on any atom is 0.397 e. The molecule has 13 nitrogen and oxygen atoms in total. The van der Waals surface area contributed by atoms with Crippen LogP contribution in [0.2, 0.25) is 0 Å².